The normalized spacial score (nSPS) is 22.8. The molecule has 3 rings (SSSR count). The Labute approximate surface area is 127 Å². The monoisotopic (exact) mass is 309 g/mol. The summed E-state index contributed by atoms with van der Waals surface area (Å²) in [6.45, 7) is 5.23. The molecule has 1 N–H and O–H groups in total. The van der Waals surface area contributed by atoms with Crippen LogP contribution in [0.2, 0.25) is 0 Å². The number of benzene rings is 1. The lowest BCUT2D eigenvalue weighted by Crippen LogP contribution is -2.53. The standard InChI is InChI=1S/C15H19NO2S2/c1-15(2,14(17)16-12-7-18-8-12)11-5-3-10(4-6-11)13-9-19-20-13/h3-6,12-13H,7-9H2,1-2H3,(H,16,17). The lowest BCUT2D eigenvalue weighted by Gasteiger charge is -2.32. The summed E-state index contributed by atoms with van der Waals surface area (Å²) in [5.74, 6) is 1.27. The Morgan fingerprint density at radius 3 is 2.40 bits per heavy atom. The van der Waals surface area contributed by atoms with Crippen LogP contribution in [0.25, 0.3) is 0 Å². The van der Waals surface area contributed by atoms with Crippen molar-refractivity contribution in [1.82, 2.24) is 5.32 Å². The summed E-state index contributed by atoms with van der Waals surface area (Å²) in [6.07, 6.45) is 0. The molecule has 0 aliphatic carbocycles. The Hall–Kier alpha value is -0.650. The zero-order valence-corrected chi connectivity index (χ0v) is 13.4. The highest BCUT2D eigenvalue weighted by Gasteiger charge is 2.33. The fraction of sp³-hybridized carbons (Fsp3) is 0.533. The van der Waals surface area contributed by atoms with E-state index in [1.54, 1.807) is 0 Å². The topological polar surface area (TPSA) is 38.3 Å². The minimum atomic E-state index is -0.504. The summed E-state index contributed by atoms with van der Waals surface area (Å²) in [4.78, 5) is 12.4. The Balaban J connectivity index is 1.70. The highest BCUT2D eigenvalue weighted by molar-refractivity contribution is 8.79. The van der Waals surface area contributed by atoms with E-state index in [1.807, 2.05) is 35.4 Å². The average Bonchev–Trinajstić information content (AvgIpc) is 2.32. The van der Waals surface area contributed by atoms with E-state index in [0.29, 0.717) is 18.5 Å². The molecule has 2 saturated heterocycles. The number of hydrogen-bond acceptors (Lipinski definition) is 4. The van der Waals surface area contributed by atoms with Gasteiger partial charge < -0.3 is 10.1 Å². The molecular weight excluding hydrogens is 290 g/mol. The highest BCUT2D eigenvalue weighted by Crippen LogP contribution is 2.51. The summed E-state index contributed by atoms with van der Waals surface area (Å²) in [6, 6.07) is 8.69. The number of hydrogen-bond donors (Lipinski definition) is 1. The third-order valence-electron chi connectivity index (χ3n) is 3.95. The van der Waals surface area contributed by atoms with Gasteiger partial charge in [-0.05, 0) is 25.0 Å². The minimum Gasteiger partial charge on any atom is -0.377 e. The van der Waals surface area contributed by atoms with Crippen LogP contribution in [-0.4, -0.2) is 30.9 Å². The van der Waals surface area contributed by atoms with Crippen molar-refractivity contribution in [3.05, 3.63) is 35.4 Å². The van der Waals surface area contributed by atoms with E-state index in [4.69, 9.17) is 4.74 Å². The average molecular weight is 309 g/mol. The smallest absolute Gasteiger partial charge is 0.230 e. The Bertz CT molecular complexity index is 493. The summed E-state index contributed by atoms with van der Waals surface area (Å²) >= 11 is 0. The molecule has 0 bridgehead atoms. The van der Waals surface area contributed by atoms with Crippen LogP contribution in [0.15, 0.2) is 24.3 Å². The van der Waals surface area contributed by atoms with E-state index in [9.17, 15) is 4.79 Å². The van der Waals surface area contributed by atoms with Crippen molar-refractivity contribution in [2.75, 3.05) is 19.0 Å². The molecule has 1 atom stereocenters. The Morgan fingerprint density at radius 2 is 1.95 bits per heavy atom. The van der Waals surface area contributed by atoms with Crippen LogP contribution in [0.1, 0.15) is 30.2 Å². The van der Waals surface area contributed by atoms with Crippen LogP contribution in [-0.2, 0) is 14.9 Å². The first kappa shape index (κ1) is 14.3. The van der Waals surface area contributed by atoms with E-state index in [0.717, 1.165) is 5.56 Å². The molecule has 0 saturated carbocycles. The van der Waals surface area contributed by atoms with Gasteiger partial charge in [0.1, 0.15) is 0 Å². The van der Waals surface area contributed by atoms with Gasteiger partial charge in [0.15, 0.2) is 0 Å². The molecule has 2 heterocycles. The maximum atomic E-state index is 12.4. The molecule has 0 spiro atoms. The molecule has 0 radical (unpaired) electrons. The van der Waals surface area contributed by atoms with Crippen LogP contribution in [0.4, 0.5) is 0 Å². The Kier molecular flexibility index (Phi) is 4.02. The summed E-state index contributed by atoms with van der Waals surface area (Å²) in [5.41, 5.74) is 1.92. The number of ether oxygens (including phenoxy) is 1. The van der Waals surface area contributed by atoms with Gasteiger partial charge in [0.25, 0.3) is 0 Å². The second kappa shape index (κ2) is 5.62. The van der Waals surface area contributed by atoms with Gasteiger partial charge in [-0.2, -0.15) is 0 Å². The van der Waals surface area contributed by atoms with Gasteiger partial charge in [-0.15, -0.1) is 0 Å². The van der Waals surface area contributed by atoms with E-state index < -0.39 is 5.41 Å². The molecule has 108 valence electrons. The van der Waals surface area contributed by atoms with Crippen LogP contribution in [0, 0.1) is 0 Å². The third-order valence-corrected chi connectivity index (χ3v) is 6.95. The fourth-order valence-corrected chi connectivity index (χ4v) is 4.10. The highest BCUT2D eigenvalue weighted by atomic mass is 33.1. The predicted molar refractivity (Wildman–Crippen MR) is 85.0 cm³/mol. The van der Waals surface area contributed by atoms with Crippen LogP contribution < -0.4 is 5.32 Å². The lowest BCUT2D eigenvalue weighted by atomic mass is 9.83. The number of nitrogens with one attached hydrogen (secondary N) is 1. The molecule has 3 nitrogen and oxygen atoms in total. The van der Waals surface area contributed by atoms with E-state index in [-0.39, 0.29) is 11.9 Å². The molecule has 1 unspecified atom stereocenters. The second-order valence-electron chi connectivity index (χ2n) is 5.82. The number of amides is 1. The fourth-order valence-electron chi connectivity index (χ4n) is 2.22. The molecule has 2 fully saturated rings. The van der Waals surface area contributed by atoms with Crippen molar-refractivity contribution < 1.29 is 9.53 Å². The maximum Gasteiger partial charge on any atom is 0.230 e. The minimum absolute atomic E-state index is 0.0760. The summed E-state index contributed by atoms with van der Waals surface area (Å²) < 4.78 is 5.10. The van der Waals surface area contributed by atoms with Crippen molar-refractivity contribution in [1.29, 1.82) is 0 Å². The zero-order valence-electron chi connectivity index (χ0n) is 11.7. The number of carbonyl (C=O) groups excluding carboxylic acids is 1. The van der Waals surface area contributed by atoms with Gasteiger partial charge >= 0.3 is 0 Å². The van der Waals surface area contributed by atoms with E-state index in [2.05, 4.69) is 29.6 Å². The summed E-state index contributed by atoms with van der Waals surface area (Å²) in [7, 11) is 3.83. The first-order chi connectivity index (χ1) is 9.57. The van der Waals surface area contributed by atoms with Crippen LogP contribution >= 0.6 is 21.6 Å². The molecular formula is C15H19NO2S2. The van der Waals surface area contributed by atoms with E-state index in [1.165, 1.54) is 11.3 Å². The third kappa shape index (κ3) is 2.71. The van der Waals surface area contributed by atoms with E-state index >= 15 is 0 Å². The second-order valence-corrected chi connectivity index (χ2v) is 8.44. The summed E-state index contributed by atoms with van der Waals surface area (Å²) in [5, 5.41) is 3.67. The molecule has 1 amide bonds. The van der Waals surface area contributed by atoms with Crippen LogP contribution in [0.5, 0.6) is 0 Å². The molecule has 5 heteroatoms. The van der Waals surface area contributed by atoms with Crippen molar-refractivity contribution >= 4 is 27.5 Å². The van der Waals surface area contributed by atoms with Crippen molar-refractivity contribution in [3.8, 4) is 0 Å². The molecule has 2 aliphatic rings. The molecule has 1 aromatic rings. The zero-order chi connectivity index (χ0) is 14.2. The predicted octanol–water partition coefficient (Wildman–Crippen LogP) is 2.92. The maximum absolute atomic E-state index is 12.4. The van der Waals surface area contributed by atoms with Crippen molar-refractivity contribution in [2.45, 2.75) is 30.6 Å². The lowest BCUT2D eigenvalue weighted by molar-refractivity contribution is -0.129. The van der Waals surface area contributed by atoms with Gasteiger partial charge in [0, 0.05) is 11.0 Å². The molecule has 2 aliphatic heterocycles. The van der Waals surface area contributed by atoms with Gasteiger partial charge in [-0.3, -0.25) is 4.79 Å². The van der Waals surface area contributed by atoms with Gasteiger partial charge in [-0.25, -0.2) is 0 Å². The van der Waals surface area contributed by atoms with Crippen molar-refractivity contribution in [2.24, 2.45) is 0 Å². The molecule has 1 aromatic carbocycles. The van der Waals surface area contributed by atoms with Crippen molar-refractivity contribution in [3.63, 3.8) is 0 Å². The first-order valence-corrected chi connectivity index (χ1v) is 9.23. The molecule has 0 aromatic heterocycles. The molecule has 20 heavy (non-hydrogen) atoms. The van der Waals surface area contributed by atoms with Gasteiger partial charge in [0.05, 0.1) is 24.7 Å². The van der Waals surface area contributed by atoms with Crippen LogP contribution in [0.3, 0.4) is 0 Å². The van der Waals surface area contributed by atoms with Gasteiger partial charge in [0.2, 0.25) is 5.91 Å². The van der Waals surface area contributed by atoms with Gasteiger partial charge in [-0.1, -0.05) is 45.9 Å². The number of rotatable bonds is 4. The quantitative estimate of drug-likeness (QED) is 0.868. The Morgan fingerprint density at radius 1 is 1.30 bits per heavy atom. The largest absolute Gasteiger partial charge is 0.377 e. The SMILES string of the molecule is CC(C)(C(=O)NC1COC1)c1ccc(C2CSS2)cc1. The first-order valence-electron chi connectivity index (χ1n) is 6.85. The number of carbonyl (C=O) groups is 1.